The van der Waals surface area contributed by atoms with E-state index in [9.17, 15) is 4.79 Å². The first-order valence-corrected chi connectivity index (χ1v) is 8.21. The van der Waals surface area contributed by atoms with Gasteiger partial charge in [0.05, 0.1) is 23.7 Å². The molecule has 4 nitrogen and oxygen atoms in total. The van der Waals surface area contributed by atoms with E-state index in [2.05, 4.69) is 47.6 Å². The van der Waals surface area contributed by atoms with Crippen molar-refractivity contribution in [3.63, 3.8) is 0 Å². The third-order valence-electron chi connectivity index (χ3n) is 5.35. The van der Waals surface area contributed by atoms with Gasteiger partial charge in [0.2, 0.25) is 0 Å². The molecule has 0 aromatic heterocycles. The summed E-state index contributed by atoms with van der Waals surface area (Å²) in [6, 6.07) is 0. The average molecular weight is 308 g/mol. The number of hydrogen-bond acceptors (Lipinski definition) is 4. The molecule has 0 amide bonds. The SMILES string of the molecule is CCOC(=O)C1CC=C(B2OC(C)(C)C(C)(C)O2)CC1(C)C. The van der Waals surface area contributed by atoms with Gasteiger partial charge in [0.1, 0.15) is 0 Å². The zero-order valence-corrected chi connectivity index (χ0v) is 15.0. The van der Waals surface area contributed by atoms with Gasteiger partial charge in [-0.2, -0.15) is 0 Å². The zero-order chi connectivity index (χ0) is 16.8. The normalized spacial score (nSPS) is 29.1. The van der Waals surface area contributed by atoms with Gasteiger partial charge in [0.15, 0.2) is 0 Å². The van der Waals surface area contributed by atoms with Crippen LogP contribution in [0.25, 0.3) is 0 Å². The fourth-order valence-corrected chi connectivity index (χ4v) is 3.14. The Morgan fingerprint density at radius 3 is 2.23 bits per heavy atom. The largest absolute Gasteiger partial charge is 0.490 e. The van der Waals surface area contributed by atoms with Crippen molar-refractivity contribution in [3.05, 3.63) is 11.5 Å². The highest BCUT2D eigenvalue weighted by Gasteiger charge is 2.54. The molecule has 2 aliphatic rings. The molecule has 1 fully saturated rings. The molecule has 0 aromatic rings. The summed E-state index contributed by atoms with van der Waals surface area (Å²) in [6.45, 7) is 14.7. The lowest BCUT2D eigenvalue weighted by Crippen LogP contribution is -2.41. The van der Waals surface area contributed by atoms with Gasteiger partial charge in [0, 0.05) is 0 Å². The number of hydrogen-bond donors (Lipinski definition) is 0. The van der Waals surface area contributed by atoms with Gasteiger partial charge in [0.25, 0.3) is 0 Å². The van der Waals surface area contributed by atoms with Crippen LogP contribution in [0.1, 0.15) is 61.3 Å². The molecule has 1 unspecified atom stereocenters. The predicted molar refractivity (Wildman–Crippen MR) is 87.3 cm³/mol. The van der Waals surface area contributed by atoms with Gasteiger partial charge in [-0.05, 0) is 58.3 Å². The van der Waals surface area contributed by atoms with E-state index in [-0.39, 0.29) is 35.6 Å². The molecule has 0 bridgehead atoms. The van der Waals surface area contributed by atoms with Crippen molar-refractivity contribution in [2.24, 2.45) is 11.3 Å². The molecule has 1 aliphatic heterocycles. The van der Waals surface area contributed by atoms with Crippen molar-refractivity contribution in [1.29, 1.82) is 0 Å². The van der Waals surface area contributed by atoms with Crippen LogP contribution >= 0.6 is 0 Å². The zero-order valence-electron chi connectivity index (χ0n) is 15.0. The third-order valence-corrected chi connectivity index (χ3v) is 5.35. The van der Waals surface area contributed by atoms with Gasteiger partial charge in [-0.15, -0.1) is 0 Å². The van der Waals surface area contributed by atoms with Crippen LogP contribution in [-0.4, -0.2) is 30.9 Å². The summed E-state index contributed by atoms with van der Waals surface area (Å²) < 4.78 is 17.5. The quantitative estimate of drug-likeness (QED) is 0.591. The predicted octanol–water partition coefficient (Wildman–Crippen LogP) is 3.54. The summed E-state index contributed by atoms with van der Waals surface area (Å²) in [7, 11) is -0.313. The van der Waals surface area contributed by atoms with E-state index in [4.69, 9.17) is 14.0 Å². The number of carbonyl (C=O) groups excluding carboxylic acids is 1. The van der Waals surface area contributed by atoms with Crippen molar-refractivity contribution >= 4 is 13.1 Å². The molecule has 0 spiro atoms. The number of carbonyl (C=O) groups is 1. The Morgan fingerprint density at radius 1 is 1.23 bits per heavy atom. The van der Waals surface area contributed by atoms with E-state index in [0.29, 0.717) is 13.0 Å². The van der Waals surface area contributed by atoms with Crippen LogP contribution < -0.4 is 0 Å². The highest BCUT2D eigenvalue weighted by atomic mass is 16.7. The maximum absolute atomic E-state index is 12.1. The lowest BCUT2D eigenvalue weighted by molar-refractivity contribution is -0.152. The Labute approximate surface area is 134 Å². The summed E-state index contributed by atoms with van der Waals surface area (Å²) in [5.74, 6) is -0.199. The summed E-state index contributed by atoms with van der Waals surface area (Å²) in [5, 5.41) is 0. The molecule has 5 heteroatoms. The molecule has 0 radical (unpaired) electrons. The van der Waals surface area contributed by atoms with E-state index >= 15 is 0 Å². The second-order valence-electron chi connectivity index (χ2n) is 8.07. The summed E-state index contributed by atoms with van der Waals surface area (Å²) in [5.41, 5.74) is 0.325. The number of ether oxygens (including phenoxy) is 1. The van der Waals surface area contributed by atoms with Crippen LogP contribution in [0.5, 0.6) is 0 Å². The monoisotopic (exact) mass is 308 g/mol. The van der Waals surface area contributed by atoms with Crippen LogP contribution in [0, 0.1) is 11.3 Å². The van der Waals surface area contributed by atoms with Gasteiger partial charge in [-0.3, -0.25) is 4.79 Å². The molecule has 22 heavy (non-hydrogen) atoms. The molecule has 1 saturated heterocycles. The van der Waals surface area contributed by atoms with E-state index in [1.807, 2.05) is 6.92 Å². The molecule has 1 aliphatic carbocycles. The van der Waals surface area contributed by atoms with E-state index < -0.39 is 0 Å². The minimum Gasteiger partial charge on any atom is -0.466 e. The number of esters is 1. The van der Waals surface area contributed by atoms with Gasteiger partial charge in [-0.1, -0.05) is 19.9 Å². The highest BCUT2D eigenvalue weighted by Crippen LogP contribution is 2.45. The van der Waals surface area contributed by atoms with E-state index in [0.717, 1.165) is 11.9 Å². The fraction of sp³-hybridized carbons (Fsp3) is 0.824. The number of rotatable bonds is 3. The summed E-state index contributed by atoms with van der Waals surface area (Å²) >= 11 is 0. The average Bonchev–Trinajstić information content (AvgIpc) is 2.57. The van der Waals surface area contributed by atoms with Crippen LogP contribution in [-0.2, 0) is 18.8 Å². The Balaban J connectivity index is 2.15. The molecular formula is C17H29BO4. The molecular weight excluding hydrogens is 279 g/mol. The molecule has 2 rings (SSSR count). The highest BCUT2D eigenvalue weighted by molar-refractivity contribution is 6.54. The third kappa shape index (κ3) is 3.11. The second kappa shape index (κ2) is 5.68. The topological polar surface area (TPSA) is 44.8 Å². The van der Waals surface area contributed by atoms with Crippen LogP contribution in [0.15, 0.2) is 11.5 Å². The Kier molecular flexibility index (Phi) is 4.53. The van der Waals surface area contributed by atoms with Crippen LogP contribution in [0.2, 0.25) is 0 Å². The molecule has 1 atom stereocenters. The van der Waals surface area contributed by atoms with Crippen molar-refractivity contribution in [3.8, 4) is 0 Å². The molecule has 0 N–H and O–H groups in total. The Hall–Kier alpha value is -0.805. The fourth-order valence-electron chi connectivity index (χ4n) is 3.14. The van der Waals surface area contributed by atoms with Crippen LogP contribution in [0.4, 0.5) is 0 Å². The van der Waals surface area contributed by atoms with E-state index in [1.165, 1.54) is 0 Å². The lowest BCUT2D eigenvalue weighted by atomic mass is 9.61. The Morgan fingerprint density at radius 2 is 1.77 bits per heavy atom. The van der Waals surface area contributed by atoms with Gasteiger partial charge < -0.3 is 14.0 Å². The second-order valence-corrected chi connectivity index (χ2v) is 8.07. The van der Waals surface area contributed by atoms with Crippen molar-refractivity contribution in [2.75, 3.05) is 6.61 Å². The van der Waals surface area contributed by atoms with Gasteiger partial charge >= 0.3 is 13.1 Å². The van der Waals surface area contributed by atoms with Gasteiger partial charge in [-0.25, -0.2) is 0 Å². The molecule has 124 valence electrons. The first-order chi connectivity index (χ1) is 10.00. The van der Waals surface area contributed by atoms with E-state index in [1.54, 1.807) is 0 Å². The minimum atomic E-state index is -0.333. The molecule has 0 saturated carbocycles. The first kappa shape index (κ1) is 17.5. The summed E-state index contributed by atoms with van der Waals surface area (Å²) in [4.78, 5) is 12.1. The summed E-state index contributed by atoms with van der Waals surface area (Å²) in [6.07, 6.45) is 3.58. The maximum atomic E-state index is 12.1. The van der Waals surface area contributed by atoms with Crippen molar-refractivity contribution < 1.29 is 18.8 Å². The standard InChI is InChI=1S/C17H29BO4/c1-8-20-14(19)13-10-9-12(11-15(13,2)3)18-21-16(4,5)17(6,7)22-18/h9,13H,8,10-11H2,1-7H3. The molecule has 1 heterocycles. The minimum absolute atomic E-state index is 0.0985. The van der Waals surface area contributed by atoms with Crippen molar-refractivity contribution in [2.45, 2.75) is 72.5 Å². The van der Waals surface area contributed by atoms with Crippen molar-refractivity contribution in [1.82, 2.24) is 0 Å². The van der Waals surface area contributed by atoms with Crippen LogP contribution in [0.3, 0.4) is 0 Å². The maximum Gasteiger partial charge on any atom is 0.490 e. The molecule has 0 aromatic carbocycles. The first-order valence-electron chi connectivity index (χ1n) is 8.21. The Bertz CT molecular complexity index is 463. The number of allylic oxidation sites excluding steroid dienone is 2. The lowest BCUT2D eigenvalue weighted by Gasteiger charge is -2.37. The smallest absolute Gasteiger partial charge is 0.466 e.